The molecule has 1 saturated carbocycles. The Bertz CT molecular complexity index is 462. The van der Waals surface area contributed by atoms with Crippen molar-refractivity contribution in [3.8, 4) is 0 Å². The molecule has 0 bridgehead atoms. The monoisotopic (exact) mass is 452 g/mol. The summed E-state index contributed by atoms with van der Waals surface area (Å²) in [6.45, 7) is 2.72. The van der Waals surface area contributed by atoms with Crippen molar-refractivity contribution in [2.24, 2.45) is 11.8 Å². The number of carbonyl (C=O) groups excluding carboxylic acids is 1. The molecule has 0 aromatic rings. The van der Waals surface area contributed by atoms with E-state index in [1.807, 2.05) is 0 Å². The summed E-state index contributed by atoms with van der Waals surface area (Å²) in [5.41, 5.74) is 0. The summed E-state index contributed by atoms with van der Waals surface area (Å²) < 4.78 is 5.39. The fourth-order valence-electron chi connectivity index (χ4n) is 4.99. The molecule has 188 valence electrons. The summed E-state index contributed by atoms with van der Waals surface area (Å²) >= 11 is 0. The van der Waals surface area contributed by atoms with Gasteiger partial charge in [-0.15, -0.1) is 0 Å². The number of carboxylic acid groups (broad SMARTS) is 1. The molecule has 0 amide bonds. The fraction of sp³-hybridized carbons (Fsp3) is 0.929. The molecule has 1 N–H and O–H groups in total. The van der Waals surface area contributed by atoms with Crippen LogP contribution in [0, 0.1) is 11.8 Å². The van der Waals surface area contributed by atoms with Crippen molar-refractivity contribution >= 4 is 11.9 Å². The van der Waals surface area contributed by atoms with Gasteiger partial charge in [-0.1, -0.05) is 129 Å². The number of esters is 1. The third-order valence-electron chi connectivity index (χ3n) is 7.13. The Morgan fingerprint density at radius 1 is 0.625 bits per heavy atom. The number of hydrogen-bond acceptors (Lipinski definition) is 3. The zero-order valence-corrected chi connectivity index (χ0v) is 21.1. The first kappa shape index (κ1) is 29.0. The molecule has 0 heterocycles. The number of rotatable bonds is 21. The topological polar surface area (TPSA) is 63.6 Å². The molecule has 1 aliphatic carbocycles. The molecule has 0 aliphatic heterocycles. The molecule has 1 aliphatic rings. The van der Waals surface area contributed by atoms with E-state index in [0.29, 0.717) is 19.4 Å². The van der Waals surface area contributed by atoms with Crippen LogP contribution < -0.4 is 0 Å². The molecule has 0 saturated heterocycles. The van der Waals surface area contributed by atoms with Crippen LogP contribution >= 0.6 is 0 Å². The lowest BCUT2D eigenvalue weighted by atomic mass is 9.79. The minimum absolute atomic E-state index is 0.288. The van der Waals surface area contributed by atoms with Gasteiger partial charge in [-0.05, 0) is 19.3 Å². The highest BCUT2D eigenvalue weighted by Crippen LogP contribution is 2.31. The van der Waals surface area contributed by atoms with Crippen LogP contribution in [0.15, 0.2) is 0 Å². The Morgan fingerprint density at radius 2 is 1.00 bits per heavy atom. The molecule has 32 heavy (non-hydrogen) atoms. The van der Waals surface area contributed by atoms with Crippen molar-refractivity contribution in [3.05, 3.63) is 0 Å². The Balaban J connectivity index is 1.81. The summed E-state index contributed by atoms with van der Waals surface area (Å²) in [7, 11) is 0. The van der Waals surface area contributed by atoms with Gasteiger partial charge in [0, 0.05) is 0 Å². The van der Waals surface area contributed by atoms with E-state index in [9.17, 15) is 14.7 Å². The maximum atomic E-state index is 12.2. The molecule has 4 nitrogen and oxygen atoms in total. The molecule has 0 aromatic carbocycles. The Hall–Kier alpha value is -1.06. The van der Waals surface area contributed by atoms with E-state index >= 15 is 0 Å². The van der Waals surface area contributed by atoms with Gasteiger partial charge in [0.05, 0.1) is 18.4 Å². The summed E-state index contributed by atoms with van der Waals surface area (Å²) in [5, 5.41) is 9.28. The number of hydrogen-bond donors (Lipinski definition) is 1. The SMILES string of the molecule is CCCCCCCCCCCCCCCCCCCCOC(=O)C1CCCCC1C(=O)O. The number of unbranched alkanes of at least 4 members (excludes halogenated alkanes) is 17. The number of carboxylic acids is 1. The normalized spacial score (nSPS) is 18.5. The third-order valence-corrected chi connectivity index (χ3v) is 7.13. The van der Waals surface area contributed by atoms with Crippen LogP contribution in [0.4, 0.5) is 0 Å². The minimum atomic E-state index is -0.847. The summed E-state index contributed by atoms with van der Waals surface area (Å²) in [6.07, 6.45) is 27.2. The molecular weight excluding hydrogens is 400 g/mol. The van der Waals surface area contributed by atoms with Crippen LogP contribution in [-0.4, -0.2) is 23.7 Å². The Labute approximate surface area is 198 Å². The van der Waals surface area contributed by atoms with Gasteiger partial charge in [0.25, 0.3) is 0 Å². The van der Waals surface area contributed by atoms with Crippen LogP contribution in [0.5, 0.6) is 0 Å². The van der Waals surface area contributed by atoms with Gasteiger partial charge in [0.2, 0.25) is 0 Å². The summed E-state index contributed by atoms with van der Waals surface area (Å²) in [5.74, 6) is -2.11. The average molecular weight is 453 g/mol. The Morgan fingerprint density at radius 3 is 1.41 bits per heavy atom. The second kappa shape index (κ2) is 20.5. The van der Waals surface area contributed by atoms with Gasteiger partial charge in [-0.3, -0.25) is 9.59 Å². The lowest BCUT2D eigenvalue weighted by Crippen LogP contribution is -2.33. The van der Waals surface area contributed by atoms with Crippen LogP contribution in [0.3, 0.4) is 0 Å². The quantitative estimate of drug-likeness (QED) is 0.140. The smallest absolute Gasteiger partial charge is 0.309 e. The van der Waals surface area contributed by atoms with Gasteiger partial charge in [-0.25, -0.2) is 0 Å². The van der Waals surface area contributed by atoms with E-state index in [0.717, 1.165) is 25.7 Å². The van der Waals surface area contributed by atoms with Crippen molar-refractivity contribution in [1.29, 1.82) is 0 Å². The van der Waals surface area contributed by atoms with Crippen molar-refractivity contribution in [2.45, 2.75) is 148 Å². The van der Waals surface area contributed by atoms with Gasteiger partial charge >= 0.3 is 11.9 Å². The molecule has 0 spiro atoms. The lowest BCUT2D eigenvalue weighted by Gasteiger charge is -2.26. The van der Waals surface area contributed by atoms with Crippen LogP contribution in [0.1, 0.15) is 148 Å². The maximum absolute atomic E-state index is 12.2. The van der Waals surface area contributed by atoms with Crippen molar-refractivity contribution in [2.75, 3.05) is 6.61 Å². The average Bonchev–Trinajstić information content (AvgIpc) is 2.80. The van der Waals surface area contributed by atoms with Crippen LogP contribution in [0.2, 0.25) is 0 Å². The molecule has 0 aromatic heterocycles. The lowest BCUT2D eigenvalue weighted by molar-refractivity contribution is -0.159. The van der Waals surface area contributed by atoms with E-state index in [1.165, 1.54) is 103 Å². The van der Waals surface area contributed by atoms with E-state index < -0.39 is 17.8 Å². The van der Waals surface area contributed by atoms with Crippen LogP contribution in [0.25, 0.3) is 0 Å². The first-order valence-electron chi connectivity index (χ1n) is 14.1. The fourth-order valence-corrected chi connectivity index (χ4v) is 4.99. The molecule has 1 fully saturated rings. The zero-order valence-electron chi connectivity index (χ0n) is 21.1. The van der Waals surface area contributed by atoms with Gasteiger partial charge in [-0.2, -0.15) is 0 Å². The standard InChI is InChI=1S/C28H52O4/c1-2-3-4-5-6-7-8-9-10-11-12-13-14-15-16-17-18-21-24-32-28(31)26-23-20-19-22-25(26)27(29)30/h25-26H,2-24H2,1H3,(H,29,30). The van der Waals surface area contributed by atoms with Crippen molar-refractivity contribution in [3.63, 3.8) is 0 Å². The molecule has 4 heteroatoms. The summed E-state index contributed by atoms with van der Waals surface area (Å²) in [4.78, 5) is 23.5. The number of ether oxygens (including phenoxy) is 1. The second-order valence-corrected chi connectivity index (χ2v) is 10.0. The largest absolute Gasteiger partial charge is 0.481 e. The second-order valence-electron chi connectivity index (χ2n) is 10.0. The van der Waals surface area contributed by atoms with Gasteiger partial charge < -0.3 is 9.84 Å². The molecule has 0 radical (unpaired) electrons. The zero-order chi connectivity index (χ0) is 23.3. The van der Waals surface area contributed by atoms with Crippen LogP contribution in [-0.2, 0) is 14.3 Å². The highest BCUT2D eigenvalue weighted by Gasteiger charge is 2.36. The van der Waals surface area contributed by atoms with E-state index in [1.54, 1.807) is 0 Å². The van der Waals surface area contributed by atoms with Gasteiger partial charge in [0.15, 0.2) is 0 Å². The van der Waals surface area contributed by atoms with E-state index in [4.69, 9.17) is 4.74 Å². The maximum Gasteiger partial charge on any atom is 0.309 e. The Kier molecular flexibility index (Phi) is 18.6. The minimum Gasteiger partial charge on any atom is -0.481 e. The first-order chi connectivity index (χ1) is 15.7. The third kappa shape index (κ3) is 14.9. The molecule has 2 atom stereocenters. The molecule has 1 rings (SSSR count). The molecular formula is C28H52O4. The molecule has 2 unspecified atom stereocenters. The first-order valence-corrected chi connectivity index (χ1v) is 14.1. The predicted octanol–water partition coefficient (Wildman–Crippen LogP) is 8.46. The van der Waals surface area contributed by atoms with E-state index in [2.05, 4.69) is 6.92 Å². The predicted molar refractivity (Wildman–Crippen MR) is 133 cm³/mol. The highest BCUT2D eigenvalue weighted by atomic mass is 16.5. The van der Waals surface area contributed by atoms with Crippen molar-refractivity contribution < 1.29 is 19.4 Å². The van der Waals surface area contributed by atoms with Gasteiger partial charge in [0.1, 0.15) is 0 Å². The van der Waals surface area contributed by atoms with Crippen molar-refractivity contribution in [1.82, 2.24) is 0 Å². The van der Waals surface area contributed by atoms with E-state index in [-0.39, 0.29) is 5.97 Å². The highest BCUT2D eigenvalue weighted by molar-refractivity contribution is 5.81. The number of aliphatic carboxylic acids is 1. The summed E-state index contributed by atoms with van der Waals surface area (Å²) in [6, 6.07) is 0. The number of carbonyl (C=O) groups is 2.